The van der Waals surface area contributed by atoms with Crippen LogP contribution in [0, 0.1) is 0 Å². The minimum atomic E-state index is -4.54. The first kappa shape index (κ1) is 25.3. The summed E-state index contributed by atoms with van der Waals surface area (Å²) >= 11 is 6.66. The lowest BCUT2D eigenvalue weighted by Crippen LogP contribution is -2.37. The molecule has 0 bridgehead atoms. The molecule has 35 heavy (non-hydrogen) atoms. The molecule has 1 aromatic heterocycles. The van der Waals surface area contributed by atoms with Crippen molar-refractivity contribution in [3.63, 3.8) is 0 Å². The number of hydrogen-bond acceptors (Lipinski definition) is 5. The van der Waals surface area contributed by atoms with E-state index in [1.807, 2.05) is 13.8 Å². The number of carbonyl (C=O) groups excluding carboxylic acids is 2. The Kier molecular flexibility index (Phi) is 7.25. The molecule has 0 saturated carbocycles. The van der Waals surface area contributed by atoms with Crippen molar-refractivity contribution in [3.8, 4) is 0 Å². The van der Waals surface area contributed by atoms with E-state index in [9.17, 15) is 22.8 Å². The number of fused-ring (bicyclic) bond motifs is 1. The highest BCUT2D eigenvalue weighted by atomic mass is 35.5. The van der Waals surface area contributed by atoms with Crippen LogP contribution in [0.1, 0.15) is 30.5 Å². The Bertz CT molecular complexity index is 1320. The number of alkyl halides is 3. The number of carbonyl (C=O) groups is 2. The SMILES string of the molecule is CC(C)NCCN1C(=O)S/C(=C\c2ccc3c(cnn3Cc3ccc(Cl)cc3C(F)(F)F)c2)C1=O. The molecule has 2 heterocycles. The second kappa shape index (κ2) is 10.0. The number of nitrogens with zero attached hydrogens (tertiary/aromatic N) is 3. The summed E-state index contributed by atoms with van der Waals surface area (Å²) in [6, 6.07) is 9.17. The molecule has 1 aliphatic rings. The van der Waals surface area contributed by atoms with Crippen molar-refractivity contribution < 1.29 is 22.8 Å². The summed E-state index contributed by atoms with van der Waals surface area (Å²) in [5.74, 6) is -0.344. The average Bonchev–Trinajstić information content (AvgIpc) is 3.29. The molecule has 0 spiro atoms. The van der Waals surface area contributed by atoms with Gasteiger partial charge in [-0.05, 0) is 53.2 Å². The third-order valence-electron chi connectivity index (χ3n) is 5.42. The van der Waals surface area contributed by atoms with Gasteiger partial charge in [0, 0.05) is 29.5 Å². The minimum Gasteiger partial charge on any atom is -0.313 e. The molecule has 0 atom stereocenters. The lowest BCUT2D eigenvalue weighted by molar-refractivity contribution is -0.138. The largest absolute Gasteiger partial charge is 0.416 e. The van der Waals surface area contributed by atoms with E-state index < -0.39 is 11.7 Å². The standard InChI is InChI=1S/C24H22ClF3N4O2S/c1-14(2)29-7-8-31-22(33)21(35-23(31)34)10-15-3-6-20-17(9-15)12-30-32(20)13-16-4-5-18(25)11-19(16)24(26,27)28/h3-6,9-12,14,29H,7-8,13H2,1-2H3/b21-10-. The van der Waals surface area contributed by atoms with Crippen LogP contribution in [0.3, 0.4) is 0 Å². The summed E-state index contributed by atoms with van der Waals surface area (Å²) in [6.07, 6.45) is -1.35. The zero-order chi connectivity index (χ0) is 25.3. The van der Waals surface area contributed by atoms with Gasteiger partial charge in [-0.3, -0.25) is 19.2 Å². The van der Waals surface area contributed by atoms with Gasteiger partial charge in [-0.1, -0.05) is 37.6 Å². The Hall–Kier alpha value is -2.82. The van der Waals surface area contributed by atoms with E-state index in [0.717, 1.165) is 17.8 Å². The monoisotopic (exact) mass is 522 g/mol. The van der Waals surface area contributed by atoms with Gasteiger partial charge >= 0.3 is 6.18 Å². The Morgan fingerprint density at radius 2 is 1.94 bits per heavy atom. The predicted octanol–water partition coefficient (Wildman–Crippen LogP) is 5.79. The maximum Gasteiger partial charge on any atom is 0.416 e. The van der Waals surface area contributed by atoms with Crippen molar-refractivity contribution in [2.24, 2.45) is 0 Å². The van der Waals surface area contributed by atoms with Crippen molar-refractivity contribution in [1.82, 2.24) is 20.0 Å². The normalized spacial score (nSPS) is 15.9. The summed E-state index contributed by atoms with van der Waals surface area (Å²) in [7, 11) is 0. The third-order valence-corrected chi connectivity index (χ3v) is 6.57. The number of hydrogen-bond donors (Lipinski definition) is 1. The van der Waals surface area contributed by atoms with E-state index in [4.69, 9.17) is 11.6 Å². The van der Waals surface area contributed by atoms with Crippen molar-refractivity contribution in [2.45, 2.75) is 32.6 Å². The van der Waals surface area contributed by atoms with Gasteiger partial charge in [0.1, 0.15) is 0 Å². The summed E-state index contributed by atoms with van der Waals surface area (Å²) in [4.78, 5) is 26.5. The van der Waals surface area contributed by atoms with Crippen LogP contribution >= 0.6 is 23.4 Å². The van der Waals surface area contributed by atoms with Gasteiger partial charge in [0.05, 0.1) is 28.7 Å². The predicted molar refractivity (Wildman–Crippen MR) is 131 cm³/mol. The first-order valence-electron chi connectivity index (χ1n) is 10.8. The van der Waals surface area contributed by atoms with E-state index >= 15 is 0 Å². The second-order valence-corrected chi connectivity index (χ2v) is 9.79. The number of thioether (sulfide) groups is 1. The van der Waals surface area contributed by atoms with Gasteiger partial charge in [-0.2, -0.15) is 18.3 Å². The molecule has 3 aromatic rings. The van der Waals surface area contributed by atoms with Crippen LogP contribution in [0.15, 0.2) is 47.5 Å². The number of aromatic nitrogens is 2. The number of benzene rings is 2. The molecule has 1 fully saturated rings. The number of imide groups is 1. The molecule has 2 aromatic carbocycles. The number of halogens is 4. The summed E-state index contributed by atoms with van der Waals surface area (Å²) < 4.78 is 41.8. The maximum atomic E-state index is 13.5. The zero-order valence-electron chi connectivity index (χ0n) is 18.9. The average molecular weight is 523 g/mol. The highest BCUT2D eigenvalue weighted by Gasteiger charge is 2.35. The summed E-state index contributed by atoms with van der Waals surface area (Å²) in [5.41, 5.74) is 0.574. The highest BCUT2D eigenvalue weighted by Crippen LogP contribution is 2.35. The molecule has 184 valence electrons. The molecule has 1 aliphatic heterocycles. The highest BCUT2D eigenvalue weighted by molar-refractivity contribution is 8.18. The number of nitrogens with one attached hydrogen (secondary N) is 1. The van der Waals surface area contributed by atoms with Crippen LogP contribution < -0.4 is 5.32 Å². The lowest BCUT2D eigenvalue weighted by atomic mass is 10.1. The van der Waals surface area contributed by atoms with Crippen molar-refractivity contribution in [2.75, 3.05) is 13.1 Å². The second-order valence-electron chi connectivity index (χ2n) is 8.36. The Labute approximate surface area is 209 Å². The molecule has 2 amide bonds. The molecule has 11 heteroatoms. The first-order chi connectivity index (χ1) is 16.5. The molecular weight excluding hydrogens is 501 g/mol. The van der Waals surface area contributed by atoms with Crippen molar-refractivity contribution >= 4 is 51.5 Å². The quantitative estimate of drug-likeness (QED) is 0.398. The molecule has 0 aliphatic carbocycles. The molecular formula is C24H22ClF3N4O2S. The number of rotatable bonds is 7. The summed E-state index contributed by atoms with van der Waals surface area (Å²) in [5, 5.41) is 7.82. The fourth-order valence-electron chi connectivity index (χ4n) is 3.74. The molecule has 0 radical (unpaired) electrons. The van der Waals surface area contributed by atoms with Gasteiger partial charge in [-0.25, -0.2) is 0 Å². The van der Waals surface area contributed by atoms with E-state index in [2.05, 4.69) is 10.4 Å². The Morgan fingerprint density at radius 3 is 2.66 bits per heavy atom. The zero-order valence-corrected chi connectivity index (χ0v) is 20.5. The molecule has 0 unspecified atom stereocenters. The Morgan fingerprint density at radius 1 is 1.17 bits per heavy atom. The van der Waals surface area contributed by atoms with Gasteiger partial charge < -0.3 is 5.32 Å². The van der Waals surface area contributed by atoms with E-state index in [0.29, 0.717) is 27.9 Å². The molecule has 1 saturated heterocycles. The van der Waals surface area contributed by atoms with Crippen molar-refractivity contribution in [1.29, 1.82) is 0 Å². The topological polar surface area (TPSA) is 67.2 Å². The van der Waals surface area contributed by atoms with Crippen LogP contribution in [-0.2, 0) is 17.5 Å². The lowest BCUT2D eigenvalue weighted by Gasteiger charge is -2.14. The number of amides is 2. The van der Waals surface area contributed by atoms with E-state index in [1.54, 1.807) is 30.5 Å². The van der Waals surface area contributed by atoms with Gasteiger partial charge in [-0.15, -0.1) is 0 Å². The third kappa shape index (κ3) is 5.71. The van der Waals surface area contributed by atoms with Gasteiger partial charge in [0.15, 0.2) is 0 Å². The van der Waals surface area contributed by atoms with Crippen LogP contribution in [-0.4, -0.2) is 45.0 Å². The van der Waals surface area contributed by atoms with E-state index in [1.165, 1.54) is 21.7 Å². The smallest absolute Gasteiger partial charge is 0.313 e. The minimum absolute atomic E-state index is 0.0108. The fourth-order valence-corrected chi connectivity index (χ4v) is 4.78. The van der Waals surface area contributed by atoms with Crippen LogP contribution in [0.5, 0.6) is 0 Å². The Balaban J connectivity index is 1.55. The van der Waals surface area contributed by atoms with Crippen LogP contribution in [0.25, 0.3) is 17.0 Å². The first-order valence-corrected chi connectivity index (χ1v) is 12.0. The molecule has 1 N–H and O–H groups in total. The maximum absolute atomic E-state index is 13.5. The summed E-state index contributed by atoms with van der Waals surface area (Å²) in [6.45, 7) is 4.68. The molecule has 4 rings (SSSR count). The van der Waals surface area contributed by atoms with Crippen molar-refractivity contribution in [3.05, 3.63) is 69.2 Å². The van der Waals surface area contributed by atoms with E-state index in [-0.39, 0.29) is 40.9 Å². The molecule has 6 nitrogen and oxygen atoms in total. The van der Waals surface area contributed by atoms with Gasteiger partial charge in [0.2, 0.25) is 0 Å². The fraction of sp³-hybridized carbons (Fsp3) is 0.292. The van der Waals surface area contributed by atoms with Crippen LogP contribution in [0.4, 0.5) is 18.0 Å². The van der Waals surface area contributed by atoms with Gasteiger partial charge in [0.25, 0.3) is 11.1 Å². The van der Waals surface area contributed by atoms with Crippen LogP contribution in [0.2, 0.25) is 5.02 Å².